The van der Waals surface area contributed by atoms with E-state index < -0.39 is 0 Å². The second-order valence-electron chi connectivity index (χ2n) is 5.41. The van der Waals surface area contributed by atoms with E-state index in [1.54, 1.807) is 0 Å². The lowest BCUT2D eigenvalue weighted by molar-refractivity contribution is 0.141. The lowest BCUT2D eigenvalue weighted by Crippen LogP contribution is -2.33. The van der Waals surface area contributed by atoms with Gasteiger partial charge >= 0.3 is 0 Å². The van der Waals surface area contributed by atoms with Crippen LogP contribution >= 0.6 is 15.9 Å². The van der Waals surface area contributed by atoms with E-state index in [-0.39, 0.29) is 0 Å². The van der Waals surface area contributed by atoms with Gasteiger partial charge in [-0.1, -0.05) is 50.0 Å². The molecule has 1 aliphatic rings. The van der Waals surface area contributed by atoms with E-state index in [2.05, 4.69) is 43.6 Å². The SMILES string of the molecule is CCC(Br)C1CC(C)CCC1C(C)C. The Morgan fingerprint density at radius 1 is 1.21 bits per heavy atom. The molecule has 0 amide bonds. The maximum atomic E-state index is 3.87. The quantitative estimate of drug-likeness (QED) is 0.636. The topological polar surface area (TPSA) is 0 Å². The Morgan fingerprint density at radius 2 is 1.86 bits per heavy atom. The van der Waals surface area contributed by atoms with Gasteiger partial charge in [0.1, 0.15) is 0 Å². The van der Waals surface area contributed by atoms with E-state index in [1.807, 2.05) is 0 Å². The molecule has 0 aromatic rings. The maximum Gasteiger partial charge on any atom is 0.0174 e. The van der Waals surface area contributed by atoms with Gasteiger partial charge in [-0.05, 0) is 42.9 Å². The molecule has 4 atom stereocenters. The summed E-state index contributed by atoms with van der Waals surface area (Å²) < 4.78 is 0. The van der Waals surface area contributed by atoms with Gasteiger partial charge in [-0.25, -0.2) is 0 Å². The molecule has 1 aliphatic carbocycles. The summed E-state index contributed by atoms with van der Waals surface area (Å²) in [6.07, 6.45) is 5.61. The van der Waals surface area contributed by atoms with E-state index in [9.17, 15) is 0 Å². The number of halogens is 1. The molecule has 0 nitrogen and oxygen atoms in total. The molecule has 1 saturated carbocycles. The number of alkyl halides is 1. The van der Waals surface area contributed by atoms with Crippen LogP contribution < -0.4 is 0 Å². The number of hydrogen-bond acceptors (Lipinski definition) is 0. The molecule has 1 fully saturated rings. The van der Waals surface area contributed by atoms with Crippen LogP contribution in [-0.2, 0) is 0 Å². The summed E-state index contributed by atoms with van der Waals surface area (Å²) in [4.78, 5) is 0.748. The summed E-state index contributed by atoms with van der Waals surface area (Å²) in [5.41, 5.74) is 0. The third-order valence-corrected chi connectivity index (χ3v) is 5.25. The molecule has 84 valence electrons. The zero-order valence-corrected chi connectivity index (χ0v) is 11.7. The highest BCUT2D eigenvalue weighted by atomic mass is 79.9. The first kappa shape index (κ1) is 12.5. The zero-order chi connectivity index (χ0) is 10.7. The molecule has 1 rings (SSSR count). The molecule has 0 aliphatic heterocycles. The highest BCUT2D eigenvalue weighted by Gasteiger charge is 2.33. The van der Waals surface area contributed by atoms with Gasteiger partial charge in [0, 0.05) is 4.83 Å². The molecule has 0 aromatic heterocycles. The normalized spacial score (nSPS) is 36.0. The van der Waals surface area contributed by atoms with E-state index in [0.717, 1.165) is 28.5 Å². The highest BCUT2D eigenvalue weighted by molar-refractivity contribution is 9.09. The molecule has 14 heavy (non-hydrogen) atoms. The first-order chi connectivity index (χ1) is 6.56. The van der Waals surface area contributed by atoms with Gasteiger partial charge in [0.2, 0.25) is 0 Å². The van der Waals surface area contributed by atoms with Gasteiger partial charge in [0.15, 0.2) is 0 Å². The molecule has 0 N–H and O–H groups in total. The maximum absolute atomic E-state index is 3.87. The Kier molecular flexibility index (Phi) is 4.96. The van der Waals surface area contributed by atoms with Crippen molar-refractivity contribution in [3.8, 4) is 0 Å². The van der Waals surface area contributed by atoms with E-state index in [4.69, 9.17) is 0 Å². The molecule has 0 radical (unpaired) electrons. The molecule has 0 spiro atoms. The summed E-state index contributed by atoms with van der Waals surface area (Å²) in [7, 11) is 0. The van der Waals surface area contributed by atoms with Crippen LogP contribution in [-0.4, -0.2) is 4.83 Å². The summed E-state index contributed by atoms with van der Waals surface area (Å²) in [5.74, 6) is 3.68. The van der Waals surface area contributed by atoms with Gasteiger partial charge in [-0.2, -0.15) is 0 Å². The molecule has 0 aromatic carbocycles. The van der Waals surface area contributed by atoms with Gasteiger partial charge in [0.25, 0.3) is 0 Å². The average molecular weight is 261 g/mol. The lowest BCUT2D eigenvalue weighted by Gasteiger charge is -2.39. The second-order valence-corrected chi connectivity index (χ2v) is 6.59. The molecule has 0 heterocycles. The standard InChI is InChI=1S/C13H25Br/c1-5-13(14)12-8-10(4)6-7-11(12)9(2)3/h9-13H,5-8H2,1-4H3. The van der Waals surface area contributed by atoms with Crippen molar-refractivity contribution in [1.82, 2.24) is 0 Å². The van der Waals surface area contributed by atoms with Crippen molar-refractivity contribution in [1.29, 1.82) is 0 Å². The highest BCUT2D eigenvalue weighted by Crippen LogP contribution is 2.42. The minimum atomic E-state index is 0.748. The minimum absolute atomic E-state index is 0.748. The van der Waals surface area contributed by atoms with Crippen LogP contribution in [0, 0.1) is 23.7 Å². The van der Waals surface area contributed by atoms with Crippen molar-refractivity contribution in [2.24, 2.45) is 23.7 Å². The van der Waals surface area contributed by atoms with Crippen molar-refractivity contribution >= 4 is 15.9 Å². The molecular formula is C13H25Br. The van der Waals surface area contributed by atoms with Gasteiger partial charge in [0.05, 0.1) is 0 Å². The van der Waals surface area contributed by atoms with Crippen LogP contribution in [0.1, 0.15) is 53.4 Å². The Labute approximate surface area is 98.0 Å². The Bertz CT molecular complexity index is 165. The Morgan fingerprint density at radius 3 is 2.36 bits per heavy atom. The molecule has 4 unspecified atom stereocenters. The molecule has 0 bridgehead atoms. The largest absolute Gasteiger partial charge is 0.0888 e. The third kappa shape index (κ3) is 2.98. The van der Waals surface area contributed by atoms with Crippen LogP contribution in [0.15, 0.2) is 0 Å². The van der Waals surface area contributed by atoms with Gasteiger partial charge < -0.3 is 0 Å². The fraction of sp³-hybridized carbons (Fsp3) is 1.00. The lowest BCUT2D eigenvalue weighted by atomic mass is 9.68. The minimum Gasteiger partial charge on any atom is -0.0888 e. The van der Waals surface area contributed by atoms with Crippen LogP contribution in [0.5, 0.6) is 0 Å². The predicted molar refractivity (Wildman–Crippen MR) is 67.8 cm³/mol. The third-order valence-electron chi connectivity index (χ3n) is 3.93. The van der Waals surface area contributed by atoms with Crippen molar-refractivity contribution in [3.63, 3.8) is 0 Å². The van der Waals surface area contributed by atoms with E-state index >= 15 is 0 Å². The van der Waals surface area contributed by atoms with Crippen LogP contribution in [0.3, 0.4) is 0 Å². The summed E-state index contributed by atoms with van der Waals surface area (Å²) in [6, 6.07) is 0. The molecule has 0 saturated heterocycles. The summed E-state index contributed by atoms with van der Waals surface area (Å²) in [6.45, 7) is 9.50. The van der Waals surface area contributed by atoms with Gasteiger partial charge in [-0.3, -0.25) is 0 Å². The fourth-order valence-corrected chi connectivity index (χ4v) is 3.60. The van der Waals surface area contributed by atoms with Crippen molar-refractivity contribution < 1.29 is 0 Å². The van der Waals surface area contributed by atoms with Crippen molar-refractivity contribution in [2.75, 3.05) is 0 Å². The van der Waals surface area contributed by atoms with Crippen molar-refractivity contribution in [3.05, 3.63) is 0 Å². The first-order valence-electron chi connectivity index (χ1n) is 6.20. The smallest absolute Gasteiger partial charge is 0.0174 e. The van der Waals surface area contributed by atoms with E-state index in [1.165, 1.54) is 25.7 Å². The second kappa shape index (κ2) is 5.53. The molecule has 1 heteroatoms. The number of hydrogen-bond donors (Lipinski definition) is 0. The van der Waals surface area contributed by atoms with Crippen LogP contribution in [0.4, 0.5) is 0 Å². The van der Waals surface area contributed by atoms with E-state index in [0.29, 0.717) is 0 Å². The Hall–Kier alpha value is 0.480. The van der Waals surface area contributed by atoms with Crippen LogP contribution in [0.2, 0.25) is 0 Å². The average Bonchev–Trinajstić information content (AvgIpc) is 2.16. The predicted octanol–water partition coefficient (Wildman–Crippen LogP) is 4.87. The molecular weight excluding hydrogens is 236 g/mol. The van der Waals surface area contributed by atoms with Crippen molar-refractivity contribution in [2.45, 2.75) is 58.2 Å². The monoisotopic (exact) mass is 260 g/mol. The van der Waals surface area contributed by atoms with Gasteiger partial charge in [-0.15, -0.1) is 0 Å². The zero-order valence-electron chi connectivity index (χ0n) is 10.1. The summed E-state index contributed by atoms with van der Waals surface area (Å²) in [5, 5.41) is 0. The van der Waals surface area contributed by atoms with Crippen LogP contribution in [0.25, 0.3) is 0 Å². The Balaban J connectivity index is 2.63. The fourth-order valence-electron chi connectivity index (χ4n) is 2.99. The first-order valence-corrected chi connectivity index (χ1v) is 7.11. The number of rotatable bonds is 3. The summed E-state index contributed by atoms with van der Waals surface area (Å²) >= 11 is 3.87.